The summed E-state index contributed by atoms with van der Waals surface area (Å²) in [6.07, 6.45) is 0. The molecule has 0 aliphatic rings. The Morgan fingerprint density at radius 1 is 1.26 bits per heavy atom. The molecule has 27 heavy (non-hydrogen) atoms. The monoisotopic (exact) mass is 406 g/mol. The quantitative estimate of drug-likeness (QED) is 0.658. The minimum absolute atomic E-state index is 0.0396. The van der Waals surface area contributed by atoms with E-state index in [1.165, 1.54) is 16.7 Å². The molecule has 0 saturated carbocycles. The maximum atomic E-state index is 12.8. The van der Waals surface area contributed by atoms with Gasteiger partial charge in [-0.05, 0) is 49.7 Å². The molecule has 142 valence electrons. The molecule has 9 heteroatoms. The van der Waals surface area contributed by atoms with Crippen LogP contribution in [-0.4, -0.2) is 25.6 Å². The van der Waals surface area contributed by atoms with E-state index in [4.69, 9.17) is 4.74 Å². The van der Waals surface area contributed by atoms with Crippen LogP contribution in [0.15, 0.2) is 46.1 Å². The average molecular weight is 406 g/mol. The number of fused-ring (bicyclic) bond motifs is 1. The molecule has 1 heterocycles. The summed E-state index contributed by atoms with van der Waals surface area (Å²) >= 11 is 0.984. The number of nitrogens with one attached hydrogen (secondary N) is 1. The molecule has 0 amide bonds. The van der Waals surface area contributed by atoms with E-state index in [-0.39, 0.29) is 16.4 Å². The fourth-order valence-electron chi connectivity index (χ4n) is 2.66. The van der Waals surface area contributed by atoms with E-state index in [1.807, 2.05) is 0 Å². The van der Waals surface area contributed by atoms with Gasteiger partial charge in [0.05, 0.1) is 33.0 Å². The van der Waals surface area contributed by atoms with Gasteiger partial charge in [0, 0.05) is 7.05 Å². The van der Waals surface area contributed by atoms with Crippen LogP contribution in [-0.2, 0) is 21.8 Å². The first-order valence-corrected chi connectivity index (χ1v) is 10.4. The van der Waals surface area contributed by atoms with Crippen molar-refractivity contribution in [3.63, 3.8) is 0 Å². The Morgan fingerprint density at radius 3 is 2.70 bits per heavy atom. The zero-order valence-corrected chi connectivity index (χ0v) is 16.6. The zero-order valence-electron chi connectivity index (χ0n) is 15.0. The molecule has 0 radical (unpaired) electrons. The van der Waals surface area contributed by atoms with Gasteiger partial charge in [-0.25, -0.2) is 13.2 Å². The molecular weight excluding hydrogens is 388 g/mol. The summed E-state index contributed by atoms with van der Waals surface area (Å²) in [4.78, 5) is 23.6. The first-order chi connectivity index (χ1) is 12.7. The second-order valence-electron chi connectivity index (χ2n) is 5.86. The summed E-state index contributed by atoms with van der Waals surface area (Å²) in [5.41, 5.74) is 1.74. The highest BCUT2D eigenvalue weighted by molar-refractivity contribution is 7.92. The van der Waals surface area contributed by atoms with E-state index in [9.17, 15) is 18.0 Å². The standard InChI is InChI=1S/C18H18N2O5S2/c1-4-25-17(21)13-6-5-7-14(11(13)2)19-27(23,24)12-8-9-15-16(10-12)26-18(22)20(15)3/h5-10,19H,4H2,1-3H3. The number of aryl methyl sites for hydroxylation is 1. The van der Waals surface area contributed by atoms with Crippen LogP contribution in [0.4, 0.5) is 5.69 Å². The van der Waals surface area contributed by atoms with Gasteiger partial charge >= 0.3 is 10.8 Å². The second-order valence-corrected chi connectivity index (χ2v) is 8.54. The Labute approximate surface area is 160 Å². The molecule has 3 rings (SSSR count). The number of carbonyl (C=O) groups is 1. The highest BCUT2D eigenvalue weighted by atomic mass is 32.2. The molecule has 0 unspecified atom stereocenters. The van der Waals surface area contributed by atoms with Gasteiger partial charge < -0.3 is 9.30 Å². The molecule has 3 aromatic rings. The molecule has 0 aliphatic carbocycles. The lowest BCUT2D eigenvalue weighted by atomic mass is 10.1. The number of esters is 1. The lowest BCUT2D eigenvalue weighted by molar-refractivity contribution is 0.0525. The van der Waals surface area contributed by atoms with Crippen LogP contribution in [0.5, 0.6) is 0 Å². The van der Waals surface area contributed by atoms with Crippen LogP contribution in [0.3, 0.4) is 0 Å². The Balaban J connectivity index is 1.99. The molecular formula is C18H18N2O5S2. The van der Waals surface area contributed by atoms with Crippen molar-refractivity contribution in [2.24, 2.45) is 7.05 Å². The van der Waals surface area contributed by atoms with Crippen molar-refractivity contribution in [2.75, 3.05) is 11.3 Å². The minimum atomic E-state index is -3.89. The van der Waals surface area contributed by atoms with Gasteiger partial charge in [0.2, 0.25) is 0 Å². The normalized spacial score (nSPS) is 11.5. The van der Waals surface area contributed by atoms with Gasteiger partial charge in [-0.3, -0.25) is 9.52 Å². The number of thiazole rings is 1. The van der Waals surface area contributed by atoms with Gasteiger partial charge in [0.1, 0.15) is 0 Å². The summed E-state index contributed by atoms with van der Waals surface area (Å²) in [6.45, 7) is 3.58. The van der Waals surface area contributed by atoms with Gasteiger partial charge in [-0.2, -0.15) is 0 Å². The molecule has 0 aliphatic heterocycles. The lowest BCUT2D eigenvalue weighted by Gasteiger charge is -2.13. The number of hydrogen-bond donors (Lipinski definition) is 1. The van der Waals surface area contributed by atoms with Gasteiger partial charge in [0.15, 0.2) is 0 Å². The molecule has 2 aromatic carbocycles. The van der Waals surface area contributed by atoms with Crippen molar-refractivity contribution in [1.29, 1.82) is 0 Å². The van der Waals surface area contributed by atoms with Crippen LogP contribution in [0, 0.1) is 6.92 Å². The number of ether oxygens (including phenoxy) is 1. The first-order valence-electron chi connectivity index (χ1n) is 8.13. The minimum Gasteiger partial charge on any atom is -0.462 e. The summed E-state index contributed by atoms with van der Waals surface area (Å²) < 4.78 is 35.1. The van der Waals surface area contributed by atoms with Crippen molar-refractivity contribution in [2.45, 2.75) is 18.7 Å². The van der Waals surface area contributed by atoms with Gasteiger partial charge in [-0.1, -0.05) is 17.4 Å². The van der Waals surface area contributed by atoms with Crippen LogP contribution in [0.1, 0.15) is 22.8 Å². The van der Waals surface area contributed by atoms with E-state index >= 15 is 0 Å². The molecule has 0 atom stereocenters. The van der Waals surface area contributed by atoms with Crippen molar-refractivity contribution >= 4 is 43.2 Å². The molecule has 0 spiro atoms. The summed E-state index contributed by atoms with van der Waals surface area (Å²) in [5.74, 6) is -0.508. The van der Waals surface area contributed by atoms with Crippen molar-refractivity contribution < 1.29 is 17.9 Å². The fourth-order valence-corrected chi connectivity index (χ4v) is 4.80. The summed E-state index contributed by atoms with van der Waals surface area (Å²) in [7, 11) is -2.26. The number of anilines is 1. The van der Waals surface area contributed by atoms with Crippen molar-refractivity contribution in [1.82, 2.24) is 4.57 Å². The smallest absolute Gasteiger partial charge is 0.338 e. The van der Waals surface area contributed by atoms with Crippen molar-refractivity contribution in [3.05, 3.63) is 57.2 Å². The number of carbonyl (C=O) groups excluding carboxylic acids is 1. The van der Waals surface area contributed by atoms with Gasteiger partial charge in [0.25, 0.3) is 10.0 Å². The topological polar surface area (TPSA) is 94.5 Å². The van der Waals surface area contributed by atoms with Crippen LogP contribution in [0.25, 0.3) is 10.2 Å². The predicted molar refractivity (Wildman–Crippen MR) is 105 cm³/mol. The van der Waals surface area contributed by atoms with E-state index < -0.39 is 16.0 Å². The van der Waals surface area contributed by atoms with Crippen LogP contribution >= 0.6 is 11.3 Å². The largest absolute Gasteiger partial charge is 0.462 e. The highest BCUT2D eigenvalue weighted by Crippen LogP contribution is 2.26. The molecule has 0 fully saturated rings. The number of rotatable bonds is 5. The second kappa shape index (κ2) is 7.16. The van der Waals surface area contributed by atoms with E-state index in [0.29, 0.717) is 27.0 Å². The number of benzene rings is 2. The third-order valence-corrected chi connectivity index (χ3v) is 6.51. The average Bonchev–Trinajstić information content (AvgIpc) is 2.90. The predicted octanol–water partition coefficient (Wildman–Crippen LogP) is 2.89. The maximum absolute atomic E-state index is 12.8. The zero-order chi connectivity index (χ0) is 19.8. The summed E-state index contributed by atoms with van der Waals surface area (Å²) in [6, 6.07) is 9.26. The third kappa shape index (κ3) is 3.60. The molecule has 1 aromatic heterocycles. The van der Waals surface area contributed by atoms with E-state index in [1.54, 1.807) is 45.2 Å². The lowest BCUT2D eigenvalue weighted by Crippen LogP contribution is -2.15. The molecule has 0 saturated heterocycles. The highest BCUT2D eigenvalue weighted by Gasteiger charge is 2.19. The SMILES string of the molecule is CCOC(=O)c1cccc(NS(=O)(=O)c2ccc3c(c2)sc(=O)n3C)c1C. The molecule has 0 bridgehead atoms. The fraction of sp³-hybridized carbons (Fsp3) is 0.222. The van der Waals surface area contributed by atoms with Crippen LogP contribution in [0.2, 0.25) is 0 Å². The van der Waals surface area contributed by atoms with Gasteiger partial charge in [-0.15, -0.1) is 0 Å². The van der Waals surface area contributed by atoms with E-state index in [0.717, 1.165) is 11.3 Å². The Bertz CT molecular complexity index is 1190. The number of nitrogens with zero attached hydrogens (tertiary/aromatic N) is 1. The van der Waals surface area contributed by atoms with Crippen LogP contribution < -0.4 is 9.60 Å². The molecule has 1 N–H and O–H groups in total. The van der Waals surface area contributed by atoms with Crippen molar-refractivity contribution in [3.8, 4) is 0 Å². The first kappa shape index (κ1) is 19.1. The Kier molecular flexibility index (Phi) is 5.07. The maximum Gasteiger partial charge on any atom is 0.338 e. The number of sulfonamides is 1. The number of aromatic nitrogens is 1. The van der Waals surface area contributed by atoms with E-state index in [2.05, 4.69) is 4.72 Å². The number of hydrogen-bond acceptors (Lipinski definition) is 6. The Morgan fingerprint density at radius 2 is 2.00 bits per heavy atom. The third-order valence-electron chi connectivity index (χ3n) is 4.15. The Hall–Kier alpha value is -2.65. The summed E-state index contributed by atoms with van der Waals surface area (Å²) in [5, 5.41) is 0. The molecule has 7 nitrogen and oxygen atoms in total.